The predicted molar refractivity (Wildman–Crippen MR) is 59.3 cm³/mol. The van der Waals surface area contributed by atoms with Gasteiger partial charge in [-0.1, -0.05) is 12.0 Å². The van der Waals surface area contributed by atoms with Gasteiger partial charge in [0.1, 0.15) is 12.7 Å². The summed E-state index contributed by atoms with van der Waals surface area (Å²) in [6, 6.07) is 0. The highest BCUT2D eigenvalue weighted by Gasteiger charge is 2.18. The second-order valence-corrected chi connectivity index (χ2v) is 3.54. The Bertz CT molecular complexity index is 231. The van der Waals surface area contributed by atoms with Crippen molar-refractivity contribution in [1.29, 1.82) is 0 Å². The summed E-state index contributed by atoms with van der Waals surface area (Å²) in [5.74, 6) is 2.24. The molecule has 0 amide bonds. The molecule has 0 N–H and O–H groups in total. The molecular formula is C10H15F2O3P. The summed E-state index contributed by atoms with van der Waals surface area (Å²) >= 11 is 0. The molecule has 3 nitrogen and oxygen atoms in total. The summed E-state index contributed by atoms with van der Waals surface area (Å²) in [5.41, 5.74) is 0. The normalized spacial score (nSPS) is 14.4. The minimum Gasteiger partial charge on any atom is -0.372 e. The van der Waals surface area contributed by atoms with Crippen molar-refractivity contribution in [3.8, 4) is 12.3 Å². The molecular weight excluding hydrogens is 237 g/mol. The highest BCUT2D eigenvalue weighted by atomic mass is 31.2. The molecule has 0 heterocycles. The van der Waals surface area contributed by atoms with Crippen molar-refractivity contribution in [2.45, 2.75) is 19.1 Å². The zero-order chi connectivity index (χ0) is 12.4. The summed E-state index contributed by atoms with van der Waals surface area (Å²) in [4.78, 5) is 0. The zero-order valence-electron chi connectivity index (χ0n) is 9.07. The van der Waals surface area contributed by atoms with E-state index >= 15 is 0 Å². The van der Waals surface area contributed by atoms with Gasteiger partial charge in [-0.25, -0.2) is 0 Å². The Kier molecular flexibility index (Phi) is 9.36. The molecule has 0 aromatic carbocycles. The van der Waals surface area contributed by atoms with Gasteiger partial charge in [0, 0.05) is 0 Å². The number of terminal acetylenes is 1. The Morgan fingerprint density at radius 1 is 1.50 bits per heavy atom. The number of ether oxygens (including phenoxy) is 2. The van der Waals surface area contributed by atoms with Crippen LogP contribution in [0.2, 0.25) is 0 Å². The number of hydrogen-bond donors (Lipinski definition) is 0. The molecule has 0 aliphatic rings. The lowest BCUT2D eigenvalue weighted by molar-refractivity contribution is -0.0120. The Labute approximate surface area is 95.8 Å². The van der Waals surface area contributed by atoms with Gasteiger partial charge in [-0.2, -0.15) is 8.39 Å². The van der Waals surface area contributed by atoms with Crippen LogP contribution in [-0.4, -0.2) is 32.0 Å². The molecule has 0 aromatic heterocycles. The molecule has 2 atom stereocenters. The molecule has 0 aromatic rings. The monoisotopic (exact) mass is 252 g/mol. The molecule has 0 aliphatic heterocycles. The second-order valence-electron chi connectivity index (χ2n) is 2.92. The number of halogens is 2. The van der Waals surface area contributed by atoms with E-state index in [1.54, 1.807) is 13.0 Å². The van der Waals surface area contributed by atoms with Crippen LogP contribution in [0.4, 0.5) is 8.39 Å². The van der Waals surface area contributed by atoms with Crippen LogP contribution >= 0.6 is 8.77 Å². The van der Waals surface area contributed by atoms with Crippen molar-refractivity contribution in [3.05, 3.63) is 12.7 Å². The molecule has 0 radical (unpaired) electrons. The molecule has 0 saturated heterocycles. The molecule has 0 saturated carbocycles. The highest BCUT2D eigenvalue weighted by Crippen LogP contribution is 2.41. The average Bonchev–Trinajstić information content (AvgIpc) is 2.24. The van der Waals surface area contributed by atoms with E-state index in [-0.39, 0.29) is 25.9 Å². The quantitative estimate of drug-likeness (QED) is 0.273. The van der Waals surface area contributed by atoms with Gasteiger partial charge in [-0.05, 0) is 6.92 Å². The highest BCUT2D eigenvalue weighted by molar-refractivity contribution is 7.40. The first-order valence-corrected chi connectivity index (χ1v) is 5.68. The summed E-state index contributed by atoms with van der Waals surface area (Å²) in [5, 5.41) is 0. The van der Waals surface area contributed by atoms with Crippen molar-refractivity contribution >= 4 is 8.77 Å². The van der Waals surface area contributed by atoms with Gasteiger partial charge in [0.2, 0.25) is 0 Å². The Morgan fingerprint density at radius 2 is 2.19 bits per heavy atom. The van der Waals surface area contributed by atoms with E-state index in [1.165, 1.54) is 0 Å². The van der Waals surface area contributed by atoms with E-state index in [2.05, 4.69) is 17.0 Å². The lowest BCUT2D eigenvalue weighted by atomic mass is 10.4. The minimum absolute atomic E-state index is 0.0132. The largest absolute Gasteiger partial charge is 0.415 e. The molecule has 92 valence electrons. The van der Waals surface area contributed by atoms with Crippen molar-refractivity contribution in [2.24, 2.45) is 0 Å². The molecule has 0 fully saturated rings. The molecule has 0 bridgehead atoms. The topological polar surface area (TPSA) is 27.7 Å². The van der Waals surface area contributed by atoms with Crippen LogP contribution in [0.15, 0.2) is 12.7 Å². The average molecular weight is 252 g/mol. The summed E-state index contributed by atoms with van der Waals surface area (Å²) in [6.07, 6.45) is 5.49. The van der Waals surface area contributed by atoms with Crippen LogP contribution < -0.4 is 0 Å². The fourth-order valence-corrected chi connectivity index (χ4v) is 1.15. The summed E-state index contributed by atoms with van der Waals surface area (Å²) in [6.45, 7) is 5.33. The molecule has 0 rings (SSSR count). The van der Waals surface area contributed by atoms with Crippen molar-refractivity contribution < 1.29 is 22.4 Å². The number of hydrogen-bond acceptors (Lipinski definition) is 3. The van der Waals surface area contributed by atoms with E-state index in [1.807, 2.05) is 0 Å². The van der Waals surface area contributed by atoms with Crippen LogP contribution in [0.5, 0.6) is 0 Å². The van der Waals surface area contributed by atoms with Crippen LogP contribution in [0.3, 0.4) is 0 Å². The summed E-state index contributed by atoms with van der Waals surface area (Å²) in [7, 11) is -3.43. The fraction of sp³-hybridized carbons (Fsp3) is 0.600. The van der Waals surface area contributed by atoms with Crippen LogP contribution in [-0.2, 0) is 14.0 Å². The first-order valence-electron chi connectivity index (χ1n) is 4.64. The lowest BCUT2D eigenvalue weighted by Crippen LogP contribution is -2.25. The fourth-order valence-electron chi connectivity index (χ4n) is 0.798. The zero-order valence-corrected chi connectivity index (χ0v) is 9.96. The third-order valence-electron chi connectivity index (χ3n) is 1.59. The lowest BCUT2D eigenvalue weighted by Gasteiger charge is -2.17. The minimum atomic E-state index is -3.43. The molecule has 2 unspecified atom stereocenters. The third-order valence-corrected chi connectivity index (χ3v) is 2.05. The second kappa shape index (κ2) is 9.68. The van der Waals surface area contributed by atoms with Gasteiger partial charge in [-0.15, -0.1) is 13.0 Å². The molecule has 16 heavy (non-hydrogen) atoms. The first-order chi connectivity index (χ1) is 7.60. The smallest absolute Gasteiger partial charge is 0.372 e. The van der Waals surface area contributed by atoms with Gasteiger partial charge in [0.25, 0.3) is 0 Å². The molecule has 0 aliphatic carbocycles. The maximum atomic E-state index is 12.1. The van der Waals surface area contributed by atoms with Gasteiger partial charge >= 0.3 is 8.77 Å². The molecule has 0 spiro atoms. The molecule has 6 heteroatoms. The van der Waals surface area contributed by atoms with E-state index < -0.39 is 14.9 Å². The van der Waals surface area contributed by atoms with Gasteiger partial charge in [0.05, 0.1) is 19.3 Å². The Balaban J connectivity index is 3.90. The van der Waals surface area contributed by atoms with Gasteiger partial charge in [-0.3, -0.25) is 4.52 Å². The predicted octanol–water partition coefficient (Wildman–Crippen LogP) is 2.78. The van der Waals surface area contributed by atoms with Crippen LogP contribution in [0.25, 0.3) is 0 Å². The van der Waals surface area contributed by atoms with E-state index in [0.29, 0.717) is 0 Å². The van der Waals surface area contributed by atoms with E-state index in [0.717, 1.165) is 0 Å². The van der Waals surface area contributed by atoms with Crippen molar-refractivity contribution in [2.75, 3.05) is 19.8 Å². The standard InChI is InChI=1S/C10H15F2O3P/c1-4-6-13-7-10(15-16(11)12)8-14-9(3)5-2/h1,5,9-10H,2,6-8H2,3H3. The Hall–Kier alpha value is -0.530. The maximum absolute atomic E-state index is 12.1. The van der Waals surface area contributed by atoms with Crippen molar-refractivity contribution in [1.82, 2.24) is 0 Å². The van der Waals surface area contributed by atoms with Crippen LogP contribution in [0.1, 0.15) is 6.92 Å². The SMILES string of the molecule is C#CCOCC(COC(C)C=C)OP(F)F. The third kappa shape index (κ3) is 8.75. The van der Waals surface area contributed by atoms with E-state index in [9.17, 15) is 8.39 Å². The summed E-state index contributed by atoms with van der Waals surface area (Å²) < 4.78 is 38.6. The van der Waals surface area contributed by atoms with Crippen LogP contribution in [0, 0.1) is 12.3 Å². The van der Waals surface area contributed by atoms with E-state index in [4.69, 9.17) is 15.9 Å². The first kappa shape index (κ1) is 15.5. The van der Waals surface area contributed by atoms with Gasteiger partial charge < -0.3 is 9.47 Å². The number of rotatable bonds is 9. The maximum Gasteiger partial charge on any atom is 0.415 e. The van der Waals surface area contributed by atoms with Gasteiger partial charge in [0.15, 0.2) is 0 Å². The Morgan fingerprint density at radius 3 is 2.69 bits per heavy atom. The van der Waals surface area contributed by atoms with Crippen molar-refractivity contribution in [3.63, 3.8) is 0 Å².